The normalized spacial score (nSPS) is 15.7. The molecule has 1 aliphatic heterocycles. The first kappa shape index (κ1) is 20.3. The number of sulfone groups is 1. The van der Waals surface area contributed by atoms with E-state index in [0.717, 1.165) is 0 Å². The molecule has 0 radical (unpaired) electrons. The Morgan fingerprint density at radius 2 is 2.07 bits per heavy atom. The van der Waals surface area contributed by atoms with E-state index in [9.17, 15) is 18.0 Å². The van der Waals surface area contributed by atoms with Crippen molar-refractivity contribution < 1.29 is 22.7 Å². The third-order valence-electron chi connectivity index (χ3n) is 4.07. The number of carbonyl (C=O) groups is 2. The van der Waals surface area contributed by atoms with Gasteiger partial charge >= 0.3 is 11.8 Å². The Hall–Kier alpha value is -2.43. The van der Waals surface area contributed by atoms with Crippen LogP contribution in [-0.2, 0) is 35.7 Å². The summed E-state index contributed by atoms with van der Waals surface area (Å²) >= 11 is 6.03. The standard InChI is InChI=1S/C17H19ClN4O5S/c1-10(7-27-2)19-16(23)17(24)20-15-13-8-28(25,26)9-14(13)21-22(15)12-5-3-4-11(18)6-12/h3-6,10H,7-9H2,1-2H3,(H,19,23)(H,20,24)/t10-/m0/s1. The highest BCUT2D eigenvalue weighted by Crippen LogP contribution is 2.33. The number of benzene rings is 1. The highest BCUT2D eigenvalue weighted by Gasteiger charge is 2.34. The lowest BCUT2D eigenvalue weighted by molar-refractivity contribution is -0.136. The highest BCUT2D eigenvalue weighted by atomic mass is 35.5. The van der Waals surface area contributed by atoms with Crippen molar-refractivity contribution in [2.24, 2.45) is 0 Å². The number of aromatic nitrogens is 2. The molecule has 0 aliphatic carbocycles. The van der Waals surface area contributed by atoms with Crippen LogP contribution < -0.4 is 10.6 Å². The van der Waals surface area contributed by atoms with E-state index in [1.807, 2.05) is 0 Å². The maximum atomic E-state index is 12.4. The number of carbonyl (C=O) groups excluding carboxylic acids is 2. The van der Waals surface area contributed by atoms with Gasteiger partial charge < -0.3 is 15.4 Å². The van der Waals surface area contributed by atoms with Gasteiger partial charge in [-0.25, -0.2) is 13.1 Å². The zero-order valence-electron chi connectivity index (χ0n) is 15.2. The molecule has 0 fully saturated rings. The van der Waals surface area contributed by atoms with Gasteiger partial charge in [-0.3, -0.25) is 9.59 Å². The fraction of sp³-hybridized carbons (Fsp3) is 0.353. The first-order valence-corrected chi connectivity index (χ1v) is 10.6. The van der Waals surface area contributed by atoms with E-state index in [1.165, 1.54) is 11.8 Å². The smallest absolute Gasteiger partial charge is 0.314 e. The fourth-order valence-electron chi connectivity index (χ4n) is 2.91. The molecule has 0 unspecified atom stereocenters. The second-order valence-electron chi connectivity index (χ2n) is 6.48. The fourth-order valence-corrected chi connectivity index (χ4v) is 4.59. The van der Waals surface area contributed by atoms with E-state index in [-0.39, 0.29) is 30.0 Å². The molecule has 2 heterocycles. The summed E-state index contributed by atoms with van der Waals surface area (Å²) in [6.07, 6.45) is 0. The van der Waals surface area contributed by atoms with Gasteiger partial charge in [-0.15, -0.1) is 0 Å². The molecular weight excluding hydrogens is 408 g/mol. The summed E-state index contributed by atoms with van der Waals surface area (Å²) in [6.45, 7) is 1.93. The number of hydrogen-bond donors (Lipinski definition) is 2. The zero-order chi connectivity index (χ0) is 20.5. The number of rotatable bonds is 5. The second-order valence-corrected chi connectivity index (χ2v) is 8.98. The molecule has 9 nitrogen and oxygen atoms in total. The van der Waals surface area contributed by atoms with Gasteiger partial charge in [-0.05, 0) is 25.1 Å². The van der Waals surface area contributed by atoms with E-state index in [2.05, 4.69) is 15.7 Å². The van der Waals surface area contributed by atoms with E-state index in [4.69, 9.17) is 16.3 Å². The largest absolute Gasteiger partial charge is 0.383 e. The first-order valence-electron chi connectivity index (χ1n) is 8.38. The van der Waals surface area contributed by atoms with Gasteiger partial charge in [0.25, 0.3) is 0 Å². The molecule has 150 valence electrons. The Morgan fingerprint density at radius 1 is 1.32 bits per heavy atom. The van der Waals surface area contributed by atoms with Gasteiger partial charge in [0.1, 0.15) is 5.82 Å². The van der Waals surface area contributed by atoms with E-state index in [1.54, 1.807) is 31.2 Å². The van der Waals surface area contributed by atoms with Crippen LogP contribution in [0.4, 0.5) is 5.82 Å². The van der Waals surface area contributed by atoms with Crippen LogP contribution in [0.2, 0.25) is 5.02 Å². The van der Waals surface area contributed by atoms with Crippen LogP contribution in [0.5, 0.6) is 0 Å². The lowest BCUT2D eigenvalue weighted by atomic mass is 10.2. The lowest BCUT2D eigenvalue weighted by Crippen LogP contribution is -2.42. The summed E-state index contributed by atoms with van der Waals surface area (Å²) in [5.41, 5.74) is 1.23. The van der Waals surface area contributed by atoms with Crippen molar-refractivity contribution in [2.45, 2.75) is 24.5 Å². The summed E-state index contributed by atoms with van der Waals surface area (Å²) in [4.78, 5) is 24.5. The third kappa shape index (κ3) is 4.34. The highest BCUT2D eigenvalue weighted by molar-refractivity contribution is 7.90. The van der Waals surface area contributed by atoms with Crippen LogP contribution in [0.3, 0.4) is 0 Å². The molecule has 0 saturated heterocycles. The number of anilines is 1. The Bertz CT molecular complexity index is 1030. The van der Waals surface area contributed by atoms with Crippen LogP contribution in [0, 0.1) is 0 Å². The van der Waals surface area contributed by atoms with E-state index in [0.29, 0.717) is 22.0 Å². The van der Waals surface area contributed by atoms with Gasteiger partial charge in [-0.1, -0.05) is 17.7 Å². The molecule has 3 rings (SSSR count). The summed E-state index contributed by atoms with van der Waals surface area (Å²) < 4.78 is 30.2. The van der Waals surface area contributed by atoms with Gasteiger partial charge in [-0.2, -0.15) is 5.10 Å². The number of nitrogens with one attached hydrogen (secondary N) is 2. The average molecular weight is 427 g/mol. The molecule has 11 heteroatoms. The number of nitrogens with zero attached hydrogens (tertiary/aromatic N) is 2. The molecule has 0 saturated carbocycles. The molecule has 1 aliphatic rings. The predicted molar refractivity (Wildman–Crippen MR) is 103 cm³/mol. The van der Waals surface area contributed by atoms with Crippen molar-refractivity contribution in [3.05, 3.63) is 40.5 Å². The van der Waals surface area contributed by atoms with Crippen molar-refractivity contribution in [2.75, 3.05) is 19.0 Å². The lowest BCUT2D eigenvalue weighted by Gasteiger charge is -2.14. The molecule has 0 bridgehead atoms. The van der Waals surface area contributed by atoms with Gasteiger partial charge in [0.2, 0.25) is 0 Å². The minimum atomic E-state index is -3.34. The van der Waals surface area contributed by atoms with Crippen molar-refractivity contribution in [3.8, 4) is 5.69 Å². The van der Waals surface area contributed by atoms with Crippen molar-refractivity contribution in [1.82, 2.24) is 15.1 Å². The zero-order valence-corrected chi connectivity index (χ0v) is 16.8. The van der Waals surface area contributed by atoms with Gasteiger partial charge in [0.15, 0.2) is 9.84 Å². The summed E-state index contributed by atoms with van der Waals surface area (Å²) in [6, 6.07) is 6.34. The minimum Gasteiger partial charge on any atom is -0.383 e. The van der Waals surface area contributed by atoms with Crippen molar-refractivity contribution in [1.29, 1.82) is 0 Å². The van der Waals surface area contributed by atoms with Gasteiger partial charge in [0.05, 0.1) is 29.5 Å². The summed E-state index contributed by atoms with van der Waals surface area (Å²) in [7, 11) is -1.86. The van der Waals surface area contributed by atoms with Crippen molar-refractivity contribution >= 4 is 39.1 Å². The van der Waals surface area contributed by atoms with Crippen LogP contribution in [-0.4, -0.2) is 49.8 Å². The van der Waals surface area contributed by atoms with Crippen molar-refractivity contribution in [3.63, 3.8) is 0 Å². The van der Waals surface area contributed by atoms with Crippen LogP contribution in [0.1, 0.15) is 18.2 Å². The molecule has 0 spiro atoms. The minimum absolute atomic E-state index is 0.137. The molecule has 1 atom stereocenters. The summed E-state index contributed by atoms with van der Waals surface area (Å²) in [5, 5.41) is 9.76. The van der Waals surface area contributed by atoms with Crippen LogP contribution in [0.15, 0.2) is 24.3 Å². The molecule has 2 amide bonds. The molecule has 2 N–H and O–H groups in total. The number of halogens is 1. The molecule has 28 heavy (non-hydrogen) atoms. The molecular formula is C17H19ClN4O5S. The number of fused-ring (bicyclic) bond motifs is 1. The number of hydrogen-bond acceptors (Lipinski definition) is 6. The molecule has 1 aromatic heterocycles. The Balaban J connectivity index is 1.93. The average Bonchev–Trinajstić information content (AvgIpc) is 3.07. The summed E-state index contributed by atoms with van der Waals surface area (Å²) in [5.74, 6) is -2.15. The van der Waals surface area contributed by atoms with Crippen LogP contribution in [0.25, 0.3) is 5.69 Å². The maximum absolute atomic E-state index is 12.4. The monoisotopic (exact) mass is 426 g/mol. The number of amides is 2. The quantitative estimate of drug-likeness (QED) is 0.689. The number of ether oxygens (including phenoxy) is 1. The topological polar surface area (TPSA) is 119 Å². The predicted octanol–water partition coefficient (Wildman–Crippen LogP) is 1.04. The Morgan fingerprint density at radius 3 is 2.75 bits per heavy atom. The Labute approximate surface area is 166 Å². The third-order valence-corrected chi connectivity index (χ3v) is 5.75. The Kier molecular flexibility index (Phi) is 5.73. The number of methoxy groups -OCH3 is 1. The maximum Gasteiger partial charge on any atom is 0.314 e. The van der Waals surface area contributed by atoms with E-state index >= 15 is 0 Å². The van der Waals surface area contributed by atoms with E-state index < -0.39 is 21.7 Å². The second kappa shape index (κ2) is 7.90. The molecule has 2 aromatic rings. The SMILES string of the molecule is COC[C@H](C)NC(=O)C(=O)Nc1c2c(nn1-c1cccc(Cl)c1)CS(=O)(=O)C2. The van der Waals surface area contributed by atoms with Crippen LogP contribution >= 0.6 is 11.6 Å². The van der Waals surface area contributed by atoms with Gasteiger partial charge in [0, 0.05) is 23.7 Å². The molecule has 1 aromatic carbocycles. The first-order chi connectivity index (χ1) is 13.2.